The fraction of sp³-hybridized carbons (Fsp3) is 0.714. The van der Waals surface area contributed by atoms with Crippen molar-refractivity contribution in [2.75, 3.05) is 37.0 Å². The van der Waals surface area contributed by atoms with Gasteiger partial charge in [-0.05, 0) is 6.42 Å². The van der Waals surface area contributed by atoms with E-state index in [-0.39, 0.29) is 12.0 Å². The average molecular weight is 264 g/mol. The maximum absolute atomic E-state index is 9.24. The van der Waals surface area contributed by atoms with E-state index in [9.17, 15) is 5.11 Å². The van der Waals surface area contributed by atoms with Gasteiger partial charge in [-0.2, -0.15) is 0 Å². The van der Waals surface area contributed by atoms with Crippen LogP contribution in [0.25, 0.3) is 0 Å². The van der Waals surface area contributed by atoms with Crippen LogP contribution in [0, 0.1) is 5.92 Å². The highest BCUT2D eigenvalue weighted by molar-refractivity contribution is 5.50. The van der Waals surface area contributed by atoms with Gasteiger partial charge >= 0.3 is 0 Å². The number of hydrogen-bond donors (Lipinski definition) is 2. The van der Waals surface area contributed by atoms with Crippen LogP contribution in [-0.2, 0) is 5.41 Å². The van der Waals surface area contributed by atoms with E-state index in [0.29, 0.717) is 5.92 Å². The van der Waals surface area contributed by atoms with Crippen molar-refractivity contribution in [2.24, 2.45) is 5.92 Å². The van der Waals surface area contributed by atoms with Gasteiger partial charge < -0.3 is 15.3 Å². The molecule has 0 saturated carbocycles. The zero-order chi connectivity index (χ0) is 14.0. The van der Waals surface area contributed by atoms with Gasteiger partial charge in [0.25, 0.3) is 0 Å². The normalized spacial score (nSPS) is 19.8. The van der Waals surface area contributed by atoms with Gasteiger partial charge in [0, 0.05) is 44.1 Å². The summed E-state index contributed by atoms with van der Waals surface area (Å²) in [6, 6.07) is 1.98. The summed E-state index contributed by atoms with van der Waals surface area (Å²) < 4.78 is 0. The number of aliphatic hydroxyl groups excluding tert-OH is 1. The van der Waals surface area contributed by atoms with Crippen molar-refractivity contribution in [2.45, 2.75) is 32.6 Å². The van der Waals surface area contributed by atoms with Gasteiger partial charge in [-0.3, -0.25) is 0 Å². The molecule has 2 N–H and O–H groups in total. The Labute approximate surface area is 115 Å². The number of nitrogens with one attached hydrogen (secondary N) is 1. The predicted molar refractivity (Wildman–Crippen MR) is 77.7 cm³/mol. The monoisotopic (exact) mass is 264 g/mol. The Morgan fingerprint density at radius 1 is 1.42 bits per heavy atom. The minimum Gasteiger partial charge on any atom is -0.396 e. The molecule has 1 aromatic rings. The SMILES string of the molecule is CNc1cc(N2CCC(CO)C2)nc(C(C)(C)C)n1. The molecule has 106 valence electrons. The number of hydrogen-bond acceptors (Lipinski definition) is 5. The van der Waals surface area contributed by atoms with E-state index < -0.39 is 0 Å². The van der Waals surface area contributed by atoms with Crippen molar-refractivity contribution in [3.8, 4) is 0 Å². The van der Waals surface area contributed by atoms with Crippen LogP contribution in [0.5, 0.6) is 0 Å². The Bertz CT molecular complexity index is 442. The largest absolute Gasteiger partial charge is 0.396 e. The molecule has 5 heteroatoms. The Balaban J connectivity index is 2.30. The summed E-state index contributed by atoms with van der Waals surface area (Å²) >= 11 is 0. The lowest BCUT2D eigenvalue weighted by molar-refractivity contribution is 0.238. The van der Waals surface area contributed by atoms with Gasteiger partial charge in [-0.25, -0.2) is 9.97 Å². The zero-order valence-electron chi connectivity index (χ0n) is 12.3. The fourth-order valence-electron chi connectivity index (χ4n) is 2.25. The van der Waals surface area contributed by atoms with E-state index in [0.717, 1.165) is 37.0 Å². The molecule has 0 bridgehead atoms. The van der Waals surface area contributed by atoms with Gasteiger partial charge in [-0.1, -0.05) is 20.8 Å². The standard InChI is InChI=1S/C14H24N4O/c1-14(2,3)13-16-11(15-4)7-12(17-13)18-6-5-10(8-18)9-19/h7,10,19H,5-6,8-9H2,1-4H3,(H,15,16,17). The summed E-state index contributed by atoms with van der Waals surface area (Å²) in [5.74, 6) is 3.02. The first-order chi connectivity index (χ1) is 8.94. The van der Waals surface area contributed by atoms with E-state index in [2.05, 4.69) is 36.0 Å². The van der Waals surface area contributed by atoms with E-state index in [4.69, 9.17) is 4.98 Å². The first-order valence-corrected chi connectivity index (χ1v) is 6.87. The second-order valence-corrected chi connectivity index (χ2v) is 6.22. The molecule has 5 nitrogen and oxygen atoms in total. The topological polar surface area (TPSA) is 61.3 Å². The first kappa shape index (κ1) is 14.1. The van der Waals surface area contributed by atoms with Gasteiger partial charge in [0.1, 0.15) is 17.5 Å². The van der Waals surface area contributed by atoms with Crippen molar-refractivity contribution >= 4 is 11.6 Å². The zero-order valence-corrected chi connectivity index (χ0v) is 12.3. The van der Waals surface area contributed by atoms with Gasteiger partial charge in [-0.15, -0.1) is 0 Å². The molecule has 1 saturated heterocycles. The number of aliphatic hydroxyl groups is 1. The Hall–Kier alpha value is -1.36. The summed E-state index contributed by atoms with van der Waals surface area (Å²) in [4.78, 5) is 11.5. The molecule has 2 rings (SSSR count). The van der Waals surface area contributed by atoms with Crippen LogP contribution >= 0.6 is 0 Å². The molecule has 0 spiro atoms. The van der Waals surface area contributed by atoms with Crippen LogP contribution in [0.2, 0.25) is 0 Å². The summed E-state index contributed by atoms with van der Waals surface area (Å²) in [7, 11) is 1.87. The molecular formula is C14H24N4O. The maximum atomic E-state index is 9.24. The van der Waals surface area contributed by atoms with Crippen LogP contribution < -0.4 is 10.2 Å². The van der Waals surface area contributed by atoms with E-state index in [1.165, 1.54) is 0 Å². The van der Waals surface area contributed by atoms with E-state index >= 15 is 0 Å². The highest BCUT2D eigenvalue weighted by Gasteiger charge is 2.25. The molecule has 0 amide bonds. The van der Waals surface area contributed by atoms with Gasteiger partial charge in [0.05, 0.1) is 0 Å². The summed E-state index contributed by atoms with van der Waals surface area (Å²) in [6.07, 6.45) is 1.03. The third-order valence-corrected chi connectivity index (χ3v) is 3.51. The molecule has 1 aliphatic heterocycles. The van der Waals surface area contributed by atoms with Crippen molar-refractivity contribution < 1.29 is 5.11 Å². The van der Waals surface area contributed by atoms with Crippen LogP contribution in [0.4, 0.5) is 11.6 Å². The highest BCUT2D eigenvalue weighted by atomic mass is 16.3. The van der Waals surface area contributed by atoms with Crippen LogP contribution in [0.3, 0.4) is 0 Å². The molecule has 2 heterocycles. The van der Waals surface area contributed by atoms with Crippen LogP contribution in [-0.4, -0.2) is 41.8 Å². The third kappa shape index (κ3) is 3.15. The minimum atomic E-state index is -0.0717. The molecule has 1 unspecified atom stereocenters. The predicted octanol–water partition coefficient (Wildman–Crippen LogP) is 1.63. The average Bonchev–Trinajstić information content (AvgIpc) is 2.86. The van der Waals surface area contributed by atoms with Crippen LogP contribution in [0.15, 0.2) is 6.07 Å². The minimum absolute atomic E-state index is 0.0717. The number of nitrogens with zero attached hydrogens (tertiary/aromatic N) is 3. The fourth-order valence-corrected chi connectivity index (χ4v) is 2.25. The van der Waals surface area contributed by atoms with Gasteiger partial charge in [0.2, 0.25) is 0 Å². The van der Waals surface area contributed by atoms with E-state index in [1.54, 1.807) is 0 Å². The Morgan fingerprint density at radius 3 is 2.68 bits per heavy atom. The molecule has 19 heavy (non-hydrogen) atoms. The Kier molecular flexibility index (Phi) is 3.94. The molecule has 0 aromatic carbocycles. The molecule has 1 atom stereocenters. The van der Waals surface area contributed by atoms with Crippen molar-refractivity contribution in [3.63, 3.8) is 0 Å². The second-order valence-electron chi connectivity index (χ2n) is 6.22. The maximum Gasteiger partial charge on any atom is 0.138 e. The smallest absolute Gasteiger partial charge is 0.138 e. The molecule has 1 aliphatic rings. The first-order valence-electron chi connectivity index (χ1n) is 6.87. The lowest BCUT2D eigenvalue weighted by atomic mass is 9.96. The lowest BCUT2D eigenvalue weighted by Gasteiger charge is -2.23. The summed E-state index contributed by atoms with van der Waals surface area (Å²) in [6.45, 7) is 8.44. The van der Waals surface area contributed by atoms with Crippen molar-refractivity contribution in [3.05, 3.63) is 11.9 Å². The highest BCUT2D eigenvalue weighted by Crippen LogP contribution is 2.27. The van der Waals surface area contributed by atoms with E-state index in [1.807, 2.05) is 13.1 Å². The summed E-state index contributed by atoms with van der Waals surface area (Å²) in [5, 5.41) is 12.3. The molecule has 0 radical (unpaired) electrons. The number of aromatic nitrogens is 2. The Morgan fingerprint density at radius 2 is 2.16 bits per heavy atom. The summed E-state index contributed by atoms with van der Waals surface area (Å²) in [5.41, 5.74) is -0.0717. The molecule has 1 fully saturated rings. The quantitative estimate of drug-likeness (QED) is 0.869. The molecular weight excluding hydrogens is 240 g/mol. The third-order valence-electron chi connectivity index (χ3n) is 3.51. The molecule has 0 aliphatic carbocycles. The molecule has 1 aromatic heterocycles. The lowest BCUT2D eigenvalue weighted by Crippen LogP contribution is -2.25. The number of anilines is 2. The van der Waals surface area contributed by atoms with Crippen molar-refractivity contribution in [1.29, 1.82) is 0 Å². The van der Waals surface area contributed by atoms with Crippen LogP contribution in [0.1, 0.15) is 33.0 Å². The van der Waals surface area contributed by atoms with Crippen molar-refractivity contribution in [1.82, 2.24) is 9.97 Å². The van der Waals surface area contributed by atoms with Gasteiger partial charge in [0.15, 0.2) is 0 Å². The number of rotatable bonds is 3. The second kappa shape index (κ2) is 5.33.